The average molecular weight is 377 g/mol. The zero-order valence-corrected chi connectivity index (χ0v) is 16.3. The van der Waals surface area contributed by atoms with Gasteiger partial charge in [-0.25, -0.2) is 8.42 Å². The lowest BCUT2D eigenvalue weighted by Gasteiger charge is -2.29. The molecule has 1 saturated carbocycles. The zero-order valence-electron chi connectivity index (χ0n) is 15.5. The summed E-state index contributed by atoms with van der Waals surface area (Å²) in [6.45, 7) is 5.56. The number of carbonyl (C=O) groups is 1. The number of rotatable bonds is 6. The first kappa shape index (κ1) is 19.0. The van der Waals surface area contributed by atoms with Crippen molar-refractivity contribution in [3.05, 3.63) is 42.0 Å². The van der Waals surface area contributed by atoms with E-state index in [0.717, 1.165) is 12.1 Å². The Morgan fingerprint density at radius 1 is 1.31 bits per heavy atom. The maximum absolute atomic E-state index is 13.0. The molecular weight excluding hydrogens is 348 g/mol. The SMILES string of the molecule is C=CCN(CC1CCCCC1)C(=O)c1ccc2c(c1)CCN2S(C)(=O)=O. The molecule has 0 saturated heterocycles. The summed E-state index contributed by atoms with van der Waals surface area (Å²) in [5.41, 5.74) is 2.26. The summed E-state index contributed by atoms with van der Waals surface area (Å²) in [6, 6.07) is 5.38. The number of hydrogen-bond donors (Lipinski definition) is 0. The second kappa shape index (κ2) is 7.82. The highest BCUT2D eigenvalue weighted by Crippen LogP contribution is 2.31. The van der Waals surface area contributed by atoms with Crippen molar-refractivity contribution in [2.45, 2.75) is 38.5 Å². The van der Waals surface area contributed by atoms with Crippen LogP contribution in [0.2, 0.25) is 0 Å². The molecule has 0 N–H and O–H groups in total. The van der Waals surface area contributed by atoms with Gasteiger partial charge in [0.2, 0.25) is 10.0 Å². The lowest BCUT2D eigenvalue weighted by atomic mass is 9.89. The number of fused-ring (bicyclic) bond motifs is 1. The molecule has 142 valence electrons. The van der Waals surface area contributed by atoms with E-state index in [9.17, 15) is 13.2 Å². The molecule has 1 aromatic carbocycles. The van der Waals surface area contributed by atoms with Crippen LogP contribution in [0.25, 0.3) is 0 Å². The maximum atomic E-state index is 13.0. The van der Waals surface area contributed by atoms with E-state index in [1.807, 2.05) is 11.0 Å². The molecule has 0 spiro atoms. The highest BCUT2D eigenvalue weighted by molar-refractivity contribution is 7.92. The van der Waals surface area contributed by atoms with E-state index in [1.54, 1.807) is 18.2 Å². The third-order valence-corrected chi connectivity index (χ3v) is 6.60. The number of nitrogens with zero attached hydrogens (tertiary/aromatic N) is 2. The number of hydrogen-bond acceptors (Lipinski definition) is 3. The molecule has 26 heavy (non-hydrogen) atoms. The van der Waals surface area contributed by atoms with Crippen LogP contribution in [0.5, 0.6) is 0 Å². The molecule has 0 unspecified atom stereocenters. The van der Waals surface area contributed by atoms with E-state index in [0.29, 0.717) is 36.7 Å². The molecule has 1 aliphatic heterocycles. The van der Waals surface area contributed by atoms with Crippen LogP contribution in [0.1, 0.15) is 48.0 Å². The van der Waals surface area contributed by atoms with Crippen molar-refractivity contribution in [2.75, 3.05) is 30.2 Å². The van der Waals surface area contributed by atoms with Crippen LogP contribution in [-0.4, -0.2) is 45.1 Å². The van der Waals surface area contributed by atoms with Gasteiger partial charge in [0.25, 0.3) is 5.91 Å². The third-order valence-electron chi connectivity index (χ3n) is 5.42. The van der Waals surface area contributed by atoms with Gasteiger partial charge in [0.15, 0.2) is 0 Å². The van der Waals surface area contributed by atoms with Gasteiger partial charge in [-0.15, -0.1) is 6.58 Å². The van der Waals surface area contributed by atoms with Crippen LogP contribution in [0.3, 0.4) is 0 Å². The normalized spacial score (nSPS) is 17.8. The van der Waals surface area contributed by atoms with Crippen LogP contribution in [0.4, 0.5) is 5.69 Å². The molecule has 6 heteroatoms. The maximum Gasteiger partial charge on any atom is 0.254 e. The van der Waals surface area contributed by atoms with Crippen molar-refractivity contribution in [3.63, 3.8) is 0 Å². The summed E-state index contributed by atoms with van der Waals surface area (Å²) < 4.78 is 25.2. The Hall–Kier alpha value is -1.82. The number of benzene rings is 1. The lowest BCUT2D eigenvalue weighted by Crippen LogP contribution is -2.36. The summed E-state index contributed by atoms with van der Waals surface area (Å²) >= 11 is 0. The molecule has 1 aliphatic carbocycles. The quantitative estimate of drug-likeness (QED) is 0.716. The summed E-state index contributed by atoms with van der Waals surface area (Å²) in [6.07, 6.45) is 9.82. The van der Waals surface area contributed by atoms with Crippen molar-refractivity contribution in [2.24, 2.45) is 5.92 Å². The van der Waals surface area contributed by atoms with E-state index < -0.39 is 10.0 Å². The summed E-state index contributed by atoms with van der Waals surface area (Å²) in [7, 11) is -3.27. The van der Waals surface area contributed by atoms with Crippen molar-refractivity contribution in [3.8, 4) is 0 Å². The number of sulfonamides is 1. The molecule has 0 bridgehead atoms. The highest BCUT2D eigenvalue weighted by Gasteiger charge is 2.28. The summed E-state index contributed by atoms with van der Waals surface area (Å²) in [5.74, 6) is 0.582. The predicted octanol–water partition coefficient (Wildman–Crippen LogP) is 3.22. The minimum absolute atomic E-state index is 0.0103. The Bertz CT molecular complexity index is 782. The highest BCUT2D eigenvalue weighted by atomic mass is 32.2. The first-order chi connectivity index (χ1) is 12.4. The zero-order chi connectivity index (χ0) is 18.7. The third kappa shape index (κ3) is 4.11. The summed E-state index contributed by atoms with van der Waals surface area (Å²) in [4.78, 5) is 14.9. The number of amides is 1. The predicted molar refractivity (Wildman–Crippen MR) is 105 cm³/mol. The van der Waals surface area contributed by atoms with Gasteiger partial charge in [0, 0.05) is 25.2 Å². The van der Waals surface area contributed by atoms with Gasteiger partial charge in [-0.2, -0.15) is 0 Å². The van der Waals surface area contributed by atoms with E-state index in [-0.39, 0.29) is 5.91 Å². The second-order valence-corrected chi connectivity index (χ2v) is 9.34. The van der Waals surface area contributed by atoms with Crippen LogP contribution in [0.15, 0.2) is 30.9 Å². The second-order valence-electron chi connectivity index (χ2n) is 7.43. The topological polar surface area (TPSA) is 57.7 Å². The van der Waals surface area contributed by atoms with Crippen LogP contribution in [0, 0.1) is 5.92 Å². The van der Waals surface area contributed by atoms with Gasteiger partial charge in [-0.1, -0.05) is 25.3 Å². The Morgan fingerprint density at radius 3 is 2.69 bits per heavy atom. The summed E-state index contributed by atoms with van der Waals surface area (Å²) in [5, 5.41) is 0. The van der Waals surface area contributed by atoms with Crippen LogP contribution < -0.4 is 4.31 Å². The average Bonchev–Trinajstić information content (AvgIpc) is 3.05. The van der Waals surface area contributed by atoms with Crippen molar-refractivity contribution in [1.82, 2.24) is 4.90 Å². The molecule has 1 fully saturated rings. The molecule has 0 atom stereocenters. The smallest absolute Gasteiger partial charge is 0.254 e. The molecule has 1 heterocycles. The Labute approximate surface area is 156 Å². The Kier molecular flexibility index (Phi) is 5.70. The molecule has 1 aromatic rings. The molecule has 5 nitrogen and oxygen atoms in total. The van der Waals surface area contributed by atoms with E-state index in [4.69, 9.17) is 0 Å². The minimum Gasteiger partial charge on any atom is -0.335 e. The standard InChI is InChI=1S/C20H28N2O3S/c1-3-12-21(15-16-7-5-4-6-8-16)20(23)18-9-10-19-17(14-18)11-13-22(19)26(2,24)25/h3,9-10,14,16H,1,4-8,11-13,15H2,2H3. The molecule has 3 rings (SSSR count). The van der Waals surface area contributed by atoms with Crippen molar-refractivity contribution in [1.29, 1.82) is 0 Å². The van der Waals surface area contributed by atoms with Crippen LogP contribution >= 0.6 is 0 Å². The minimum atomic E-state index is -3.27. The fourth-order valence-corrected chi connectivity index (χ4v) is 5.07. The fraction of sp³-hybridized carbons (Fsp3) is 0.550. The van der Waals surface area contributed by atoms with E-state index in [1.165, 1.54) is 42.7 Å². The van der Waals surface area contributed by atoms with Crippen LogP contribution in [-0.2, 0) is 16.4 Å². The largest absolute Gasteiger partial charge is 0.335 e. The lowest BCUT2D eigenvalue weighted by molar-refractivity contribution is 0.0735. The first-order valence-electron chi connectivity index (χ1n) is 9.41. The number of anilines is 1. The van der Waals surface area contributed by atoms with Gasteiger partial charge < -0.3 is 4.90 Å². The van der Waals surface area contributed by atoms with Crippen molar-refractivity contribution >= 4 is 21.6 Å². The van der Waals surface area contributed by atoms with Gasteiger partial charge in [-0.3, -0.25) is 9.10 Å². The van der Waals surface area contributed by atoms with Gasteiger partial charge in [0.1, 0.15) is 0 Å². The molecule has 0 aromatic heterocycles. The van der Waals surface area contributed by atoms with Gasteiger partial charge in [-0.05, 0) is 48.9 Å². The monoisotopic (exact) mass is 376 g/mol. The van der Waals surface area contributed by atoms with Gasteiger partial charge >= 0.3 is 0 Å². The van der Waals surface area contributed by atoms with Crippen molar-refractivity contribution < 1.29 is 13.2 Å². The fourth-order valence-electron chi connectivity index (χ4n) is 4.11. The first-order valence-corrected chi connectivity index (χ1v) is 11.3. The Balaban J connectivity index is 1.78. The molecule has 1 amide bonds. The molecule has 2 aliphatic rings. The van der Waals surface area contributed by atoms with E-state index in [2.05, 4.69) is 6.58 Å². The Morgan fingerprint density at radius 2 is 2.04 bits per heavy atom. The van der Waals surface area contributed by atoms with Gasteiger partial charge in [0.05, 0.1) is 11.9 Å². The molecule has 0 radical (unpaired) electrons. The van der Waals surface area contributed by atoms with E-state index >= 15 is 0 Å². The molecular formula is C20H28N2O3S. The number of carbonyl (C=O) groups excluding carboxylic acids is 1.